The first kappa shape index (κ1) is 13.6. The smallest absolute Gasteiger partial charge is 0.192 e. The summed E-state index contributed by atoms with van der Waals surface area (Å²) in [5, 5.41) is 8.14. The van der Waals surface area contributed by atoms with E-state index in [1.165, 1.54) is 0 Å². The molecule has 1 aromatic heterocycles. The summed E-state index contributed by atoms with van der Waals surface area (Å²) >= 11 is 5.77. The molecule has 0 atom stereocenters. The van der Waals surface area contributed by atoms with Gasteiger partial charge in [-0.15, -0.1) is 5.10 Å². The fourth-order valence-electron chi connectivity index (χ4n) is 0.936. The van der Waals surface area contributed by atoms with Gasteiger partial charge in [0.1, 0.15) is 0 Å². The summed E-state index contributed by atoms with van der Waals surface area (Å²) in [5.41, 5.74) is 0.977. The third-order valence-corrected chi connectivity index (χ3v) is 7.75. The summed E-state index contributed by atoms with van der Waals surface area (Å²) in [4.78, 5) is 0. The Morgan fingerprint density at radius 3 is 2.50 bits per heavy atom. The van der Waals surface area contributed by atoms with E-state index in [0.29, 0.717) is 11.8 Å². The molecule has 0 bridgehead atoms. The highest BCUT2D eigenvalue weighted by Crippen LogP contribution is 2.37. The lowest BCUT2D eigenvalue weighted by molar-refractivity contribution is 0.275. The summed E-state index contributed by atoms with van der Waals surface area (Å²) in [6, 6.07) is 1.79. The van der Waals surface area contributed by atoms with Crippen LogP contribution in [0.5, 0.6) is 0 Å². The van der Waals surface area contributed by atoms with Crippen molar-refractivity contribution in [2.24, 2.45) is 0 Å². The lowest BCUT2D eigenvalue weighted by Crippen LogP contribution is -2.40. The maximum atomic E-state index is 6.05. The zero-order valence-corrected chi connectivity index (χ0v) is 12.3. The molecule has 0 aliphatic heterocycles. The SMILES string of the molecule is CC(C)(C)[Si](C)(C)OCc1cnnc(Cl)c1. The van der Waals surface area contributed by atoms with Gasteiger partial charge in [0.05, 0.1) is 12.8 Å². The van der Waals surface area contributed by atoms with Crippen LogP contribution in [0.4, 0.5) is 0 Å². The zero-order valence-electron chi connectivity index (χ0n) is 10.5. The van der Waals surface area contributed by atoms with Crippen LogP contribution in [-0.2, 0) is 11.0 Å². The fourth-order valence-corrected chi connectivity index (χ4v) is 2.08. The van der Waals surface area contributed by atoms with Crippen molar-refractivity contribution in [3.63, 3.8) is 0 Å². The largest absolute Gasteiger partial charge is 0.412 e. The zero-order chi connectivity index (χ0) is 12.4. The van der Waals surface area contributed by atoms with Crippen molar-refractivity contribution < 1.29 is 4.43 Å². The van der Waals surface area contributed by atoms with Crippen LogP contribution < -0.4 is 0 Å². The van der Waals surface area contributed by atoms with Gasteiger partial charge in [-0.3, -0.25) is 0 Å². The minimum Gasteiger partial charge on any atom is -0.412 e. The predicted molar refractivity (Wildman–Crippen MR) is 69.0 cm³/mol. The Bertz CT molecular complexity index is 363. The van der Waals surface area contributed by atoms with Crippen LogP contribution in [0.25, 0.3) is 0 Å². The molecular weight excluding hydrogens is 240 g/mol. The second-order valence-electron chi connectivity index (χ2n) is 5.44. The van der Waals surface area contributed by atoms with Crippen molar-refractivity contribution in [2.45, 2.75) is 45.5 Å². The molecule has 1 aromatic rings. The molecule has 5 heteroatoms. The molecule has 0 aliphatic carbocycles. The maximum Gasteiger partial charge on any atom is 0.192 e. The van der Waals surface area contributed by atoms with E-state index in [-0.39, 0.29) is 5.04 Å². The van der Waals surface area contributed by atoms with E-state index in [1.807, 2.05) is 0 Å². The highest BCUT2D eigenvalue weighted by Gasteiger charge is 2.36. The summed E-state index contributed by atoms with van der Waals surface area (Å²) < 4.78 is 6.05. The van der Waals surface area contributed by atoms with Gasteiger partial charge in [-0.05, 0) is 29.8 Å². The summed E-state index contributed by atoms with van der Waals surface area (Å²) in [7, 11) is -1.70. The number of aromatic nitrogens is 2. The van der Waals surface area contributed by atoms with Gasteiger partial charge < -0.3 is 4.43 Å². The molecule has 90 valence electrons. The fraction of sp³-hybridized carbons (Fsp3) is 0.636. The van der Waals surface area contributed by atoms with Crippen molar-refractivity contribution in [3.05, 3.63) is 23.0 Å². The van der Waals surface area contributed by atoms with Gasteiger partial charge in [-0.25, -0.2) is 0 Å². The lowest BCUT2D eigenvalue weighted by Gasteiger charge is -2.36. The Hall–Kier alpha value is -0.453. The van der Waals surface area contributed by atoms with E-state index < -0.39 is 8.32 Å². The van der Waals surface area contributed by atoms with Gasteiger partial charge in [0.15, 0.2) is 13.5 Å². The Kier molecular flexibility index (Phi) is 4.10. The van der Waals surface area contributed by atoms with Gasteiger partial charge in [0.25, 0.3) is 0 Å². The summed E-state index contributed by atoms with van der Waals surface area (Å²) in [5.74, 6) is 0. The second-order valence-corrected chi connectivity index (χ2v) is 10.6. The quantitative estimate of drug-likeness (QED) is 0.777. The van der Waals surface area contributed by atoms with Gasteiger partial charge in [0.2, 0.25) is 0 Å². The molecule has 0 fully saturated rings. The normalized spacial score (nSPS) is 12.9. The van der Waals surface area contributed by atoms with Crippen LogP contribution in [0.3, 0.4) is 0 Å². The van der Waals surface area contributed by atoms with E-state index in [9.17, 15) is 0 Å². The summed E-state index contributed by atoms with van der Waals surface area (Å²) in [6.45, 7) is 11.7. The molecule has 16 heavy (non-hydrogen) atoms. The van der Waals surface area contributed by atoms with Crippen molar-refractivity contribution in [2.75, 3.05) is 0 Å². The lowest BCUT2D eigenvalue weighted by atomic mass is 10.2. The van der Waals surface area contributed by atoms with Gasteiger partial charge in [-0.1, -0.05) is 32.4 Å². The van der Waals surface area contributed by atoms with Crippen molar-refractivity contribution in [1.82, 2.24) is 10.2 Å². The van der Waals surface area contributed by atoms with Crippen molar-refractivity contribution in [1.29, 1.82) is 0 Å². The van der Waals surface area contributed by atoms with Crippen LogP contribution in [-0.4, -0.2) is 18.5 Å². The molecular formula is C11H19ClN2OSi. The Labute approximate surface area is 103 Å². The first-order valence-corrected chi connectivity index (χ1v) is 8.62. The molecule has 0 unspecified atom stereocenters. The molecule has 0 radical (unpaired) electrons. The number of nitrogens with zero attached hydrogens (tertiary/aromatic N) is 2. The molecule has 1 heterocycles. The van der Waals surface area contributed by atoms with Gasteiger partial charge in [0, 0.05) is 0 Å². The first-order valence-electron chi connectivity index (χ1n) is 5.33. The monoisotopic (exact) mass is 258 g/mol. The number of hydrogen-bond donors (Lipinski definition) is 0. The average molecular weight is 259 g/mol. The minimum atomic E-state index is -1.70. The van der Waals surface area contributed by atoms with E-state index in [1.54, 1.807) is 12.3 Å². The minimum absolute atomic E-state index is 0.219. The van der Waals surface area contributed by atoms with Gasteiger partial charge in [-0.2, -0.15) is 5.10 Å². The van der Waals surface area contributed by atoms with E-state index >= 15 is 0 Å². The molecule has 0 N–H and O–H groups in total. The molecule has 1 rings (SSSR count). The van der Waals surface area contributed by atoms with Crippen molar-refractivity contribution in [3.8, 4) is 0 Å². The number of rotatable bonds is 3. The molecule has 0 saturated heterocycles. The Balaban J connectivity index is 2.65. The summed E-state index contributed by atoms with van der Waals surface area (Å²) in [6.07, 6.45) is 1.69. The number of halogens is 1. The topological polar surface area (TPSA) is 35.0 Å². The molecule has 0 saturated carbocycles. The van der Waals surface area contributed by atoms with Gasteiger partial charge >= 0.3 is 0 Å². The highest BCUT2D eigenvalue weighted by molar-refractivity contribution is 6.74. The maximum absolute atomic E-state index is 6.05. The highest BCUT2D eigenvalue weighted by atomic mass is 35.5. The average Bonchev–Trinajstić information content (AvgIpc) is 2.13. The first-order chi connectivity index (χ1) is 7.22. The predicted octanol–water partition coefficient (Wildman–Crippen LogP) is 3.65. The van der Waals surface area contributed by atoms with E-state index in [0.717, 1.165) is 5.56 Å². The number of hydrogen-bond acceptors (Lipinski definition) is 3. The third-order valence-electron chi connectivity index (χ3n) is 3.09. The van der Waals surface area contributed by atoms with Crippen molar-refractivity contribution >= 4 is 19.9 Å². The van der Waals surface area contributed by atoms with Crippen LogP contribution in [0.1, 0.15) is 26.3 Å². The van der Waals surface area contributed by atoms with E-state index in [2.05, 4.69) is 44.1 Å². The van der Waals surface area contributed by atoms with Crippen LogP contribution in [0.2, 0.25) is 23.3 Å². The third kappa shape index (κ3) is 3.54. The Morgan fingerprint density at radius 1 is 1.38 bits per heavy atom. The van der Waals surface area contributed by atoms with Crippen LogP contribution in [0.15, 0.2) is 12.3 Å². The molecule has 0 spiro atoms. The second kappa shape index (κ2) is 4.81. The molecule has 0 aromatic carbocycles. The van der Waals surface area contributed by atoms with E-state index in [4.69, 9.17) is 16.0 Å². The molecule has 0 amide bonds. The van der Waals surface area contributed by atoms with Crippen LogP contribution in [0, 0.1) is 0 Å². The standard InChI is InChI=1S/C11H19ClN2OSi/c1-11(2,3)16(4,5)15-8-9-6-10(12)14-13-7-9/h6-7H,8H2,1-5H3. The van der Waals surface area contributed by atoms with Crippen LogP contribution >= 0.6 is 11.6 Å². The molecule has 3 nitrogen and oxygen atoms in total. The Morgan fingerprint density at radius 2 is 2.00 bits per heavy atom. The molecule has 0 aliphatic rings.